The summed E-state index contributed by atoms with van der Waals surface area (Å²) in [7, 11) is 0. The minimum Gasteiger partial charge on any atom is -0.458 e. The standard InChI is InChI=1S/C18H18O2/c19-18(20-15-17-12-5-2-6-13-17)14-8-7-11-16-9-3-1-4-10-16/h1-6,8-10,12-14H,7,11,15H2/b14-8-. The van der Waals surface area contributed by atoms with Gasteiger partial charge in [0, 0.05) is 6.08 Å². The second-order valence-corrected chi connectivity index (χ2v) is 4.52. The summed E-state index contributed by atoms with van der Waals surface area (Å²) < 4.78 is 5.15. The van der Waals surface area contributed by atoms with E-state index in [4.69, 9.17) is 4.74 Å². The molecular weight excluding hydrogens is 248 g/mol. The Morgan fingerprint density at radius 1 is 0.900 bits per heavy atom. The van der Waals surface area contributed by atoms with Crippen molar-refractivity contribution in [2.45, 2.75) is 19.4 Å². The summed E-state index contributed by atoms with van der Waals surface area (Å²) in [5.41, 5.74) is 2.27. The van der Waals surface area contributed by atoms with Gasteiger partial charge in [-0.25, -0.2) is 4.79 Å². The summed E-state index contributed by atoms with van der Waals surface area (Å²) in [6, 6.07) is 19.9. The zero-order valence-corrected chi connectivity index (χ0v) is 11.4. The molecule has 2 heteroatoms. The summed E-state index contributed by atoms with van der Waals surface area (Å²) in [5.74, 6) is -0.290. The normalized spacial score (nSPS) is 10.6. The van der Waals surface area contributed by atoms with Gasteiger partial charge >= 0.3 is 5.97 Å². The first-order valence-electron chi connectivity index (χ1n) is 6.76. The number of allylic oxidation sites excluding steroid dienone is 1. The van der Waals surface area contributed by atoms with Crippen LogP contribution in [0.1, 0.15) is 17.5 Å². The number of benzene rings is 2. The van der Waals surface area contributed by atoms with Gasteiger partial charge < -0.3 is 4.74 Å². The SMILES string of the molecule is O=C(/C=C\CCc1ccccc1)OCc1ccccc1. The Bertz CT molecular complexity index is 544. The third kappa shape index (κ3) is 5.11. The highest BCUT2D eigenvalue weighted by molar-refractivity contribution is 5.81. The van der Waals surface area contributed by atoms with Gasteiger partial charge in [-0.3, -0.25) is 0 Å². The maximum atomic E-state index is 11.5. The van der Waals surface area contributed by atoms with Crippen LogP contribution in [-0.2, 0) is 22.6 Å². The Morgan fingerprint density at radius 3 is 2.15 bits per heavy atom. The van der Waals surface area contributed by atoms with Crippen LogP contribution in [0.3, 0.4) is 0 Å². The second-order valence-electron chi connectivity index (χ2n) is 4.52. The maximum Gasteiger partial charge on any atom is 0.330 e. The summed E-state index contributed by atoms with van der Waals surface area (Å²) in [6.07, 6.45) is 5.14. The number of hydrogen-bond donors (Lipinski definition) is 0. The maximum absolute atomic E-state index is 11.5. The van der Waals surface area contributed by atoms with Gasteiger partial charge in [0.1, 0.15) is 6.61 Å². The van der Waals surface area contributed by atoms with Gasteiger partial charge in [0.15, 0.2) is 0 Å². The molecule has 0 aliphatic rings. The first-order chi connectivity index (χ1) is 9.84. The van der Waals surface area contributed by atoms with E-state index in [9.17, 15) is 4.79 Å². The largest absolute Gasteiger partial charge is 0.458 e. The minimum atomic E-state index is -0.290. The molecule has 0 N–H and O–H groups in total. The Kier molecular flexibility index (Phi) is 5.59. The van der Waals surface area contributed by atoms with Gasteiger partial charge in [0.2, 0.25) is 0 Å². The average Bonchev–Trinajstić information content (AvgIpc) is 2.52. The molecule has 102 valence electrons. The topological polar surface area (TPSA) is 26.3 Å². The van der Waals surface area contributed by atoms with E-state index in [1.165, 1.54) is 11.6 Å². The van der Waals surface area contributed by atoms with Crippen molar-refractivity contribution in [3.05, 3.63) is 83.9 Å². The molecular formula is C18H18O2. The summed E-state index contributed by atoms with van der Waals surface area (Å²) >= 11 is 0. The fourth-order valence-electron chi connectivity index (χ4n) is 1.85. The van der Waals surface area contributed by atoms with E-state index in [1.54, 1.807) is 0 Å². The van der Waals surface area contributed by atoms with Gasteiger partial charge in [0.05, 0.1) is 0 Å². The first kappa shape index (κ1) is 14.1. The lowest BCUT2D eigenvalue weighted by Crippen LogP contribution is -2.00. The molecule has 20 heavy (non-hydrogen) atoms. The van der Waals surface area contributed by atoms with Crippen LogP contribution in [0.15, 0.2) is 72.8 Å². The number of carbonyl (C=O) groups excluding carboxylic acids is 1. The lowest BCUT2D eigenvalue weighted by Gasteiger charge is -2.01. The van der Waals surface area contributed by atoms with Crippen LogP contribution in [0.4, 0.5) is 0 Å². The molecule has 2 aromatic carbocycles. The first-order valence-corrected chi connectivity index (χ1v) is 6.76. The van der Waals surface area contributed by atoms with Crippen LogP contribution >= 0.6 is 0 Å². The van der Waals surface area contributed by atoms with Crippen molar-refractivity contribution in [3.8, 4) is 0 Å². The Hall–Kier alpha value is -2.35. The monoisotopic (exact) mass is 266 g/mol. The molecule has 0 unspecified atom stereocenters. The predicted molar refractivity (Wildman–Crippen MR) is 80.1 cm³/mol. The van der Waals surface area contributed by atoms with E-state index >= 15 is 0 Å². The summed E-state index contributed by atoms with van der Waals surface area (Å²) in [5, 5.41) is 0. The molecule has 0 atom stereocenters. The number of aryl methyl sites for hydroxylation is 1. The molecule has 0 aliphatic carbocycles. The van der Waals surface area contributed by atoms with Gasteiger partial charge in [0.25, 0.3) is 0 Å². The van der Waals surface area contributed by atoms with Crippen molar-refractivity contribution in [2.24, 2.45) is 0 Å². The number of rotatable bonds is 6. The lowest BCUT2D eigenvalue weighted by molar-refractivity contribution is -0.139. The Morgan fingerprint density at radius 2 is 1.50 bits per heavy atom. The fourth-order valence-corrected chi connectivity index (χ4v) is 1.85. The van der Waals surface area contributed by atoms with Crippen LogP contribution in [0.2, 0.25) is 0 Å². The van der Waals surface area contributed by atoms with Crippen LogP contribution in [0.5, 0.6) is 0 Å². The molecule has 0 aliphatic heterocycles. The predicted octanol–water partition coefficient (Wildman–Crippen LogP) is 3.92. The number of esters is 1. The molecule has 0 bridgehead atoms. The molecule has 0 amide bonds. The number of carbonyl (C=O) groups is 1. The number of ether oxygens (including phenoxy) is 1. The van der Waals surface area contributed by atoms with Crippen LogP contribution in [-0.4, -0.2) is 5.97 Å². The molecule has 2 nitrogen and oxygen atoms in total. The van der Waals surface area contributed by atoms with E-state index < -0.39 is 0 Å². The highest BCUT2D eigenvalue weighted by Crippen LogP contribution is 2.04. The number of hydrogen-bond acceptors (Lipinski definition) is 2. The van der Waals surface area contributed by atoms with Crippen molar-refractivity contribution < 1.29 is 9.53 Å². The van der Waals surface area contributed by atoms with Crippen molar-refractivity contribution in [1.29, 1.82) is 0 Å². The van der Waals surface area contributed by atoms with E-state index in [-0.39, 0.29) is 5.97 Å². The van der Waals surface area contributed by atoms with E-state index in [0.717, 1.165) is 18.4 Å². The molecule has 0 fully saturated rings. The summed E-state index contributed by atoms with van der Waals surface area (Å²) in [6.45, 7) is 0.322. The average molecular weight is 266 g/mol. The zero-order chi connectivity index (χ0) is 14.0. The molecule has 0 radical (unpaired) electrons. The van der Waals surface area contributed by atoms with Gasteiger partial charge in [-0.2, -0.15) is 0 Å². The Labute approximate surface area is 119 Å². The fraction of sp³-hybridized carbons (Fsp3) is 0.167. The highest BCUT2D eigenvalue weighted by atomic mass is 16.5. The van der Waals surface area contributed by atoms with Gasteiger partial charge in [-0.15, -0.1) is 0 Å². The van der Waals surface area contributed by atoms with E-state index in [2.05, 4.69) is 12.1 Å². The third-order valence-corrected chi connectivity index (χ3v) is 2.92. The Balaban J connectivity index is 1.68. The molecule has 0 saturated heterocycles. The van der Waals surface area contributed by atoms with Crippen molar-refractivity contribution in [2.75, 3.05) is 0 Å². The molecule has 2 aromatic rings. The van der Waals surface area contributed by atoms with Gasteiger partial charge in [-0.1, -0.05) is 66.7 Å². The minimum absolute atomic E-state index is 0.290. The molecule has 0 saturated carbocycles. The van der Waals surface area contributed by atoms with Crippen molar-refractivity contribution >= 4 is 5.97 Å². The molecule has 0 aromatic heterocycles. The molecule has 0 heterocycles. The van der Waals surface area contributed by atoms with Crippen LogP contribution < -0.4 is 0 Å². The zero-order valence-electron chi connectivity index (χ0n) is 11.4. The quantitative estimate of drug-likeness (QED) is 0.585. The van der Waals surface area contributed by atoms with Crippen LogP contribution in [0, 0.1) is 0 Å². The smallest absolute Gasteiger partial charge is 0.330 e. The van der Waals surface area contributed by atoms with Gasteiger partial charge in [-0.05, 0) is 24.0 Å². The lowest BCUT2D eigenvalue weighted by atomic mass is 10.1. The van der Waals surface area contributed by atoms with E-state index in [1.807, 2.05) is 54.6 Å². The molecule has 0 spiro atoms. The van der Waals surface area contributed by atoms with Crippen LogP contribution in [0.25, 0.3) is 0 Å². The molecule has 2 rings (SSSR count). The van der Waals surface area contributed by atoms with Crippen molar-refractivity contribution in [3.63, 3.8) is 0 Å². The van der Waals surface area contributed by atoms with Crippen molar-refractivity contribution in [1.82, 2.24) is 0 Å². The third-order valence-electron chi connectivity index (χ3n) is 2.92. The summed E-state index contributed by atoms with van der Waals surface area (Å²) in [4.78, 5) is 11.5. The second kappa shape index (κ2) is 7.95. The highest BCUT2D eigenvalue weighted by Gasteiger charge is 1.97. The van der Waals surface area contributed by atoms with E-state index in [0.29, 0.717) is 6.61 Å².